The molecule has 19 heavy (non-hydrogen) atoms. The number of hydrazine groups is 1. The second kappa shape index (κ2) is 5.96. The summed E-state index contributed by atoms with van der Waals surface area (Å²) in [6.45, 7) is 0.347. The zero-order valence-electron chi connectivity index (χ0n) is 10.0. The van der Waals surface area contributed by atoms with Crippen molar-refractivity contribution >= 4 is 11.7 Å². The fraction of sp³-hybridized carbons (Fsp3) is 0.167. The van der Waals surface area contributed by atoms with E-state index in [2.05, 4.69) is 15.7 Å². The second-order valence-corrected chi connectivity index (χ2v) is 3.75. The van der Waals surface area contributed by atoms with Gasteiger partial charge in [0.15, 0.2) is 11.6 Å². The van der Waals surface area contributed by atoms with Gasteiger partial charge < -0.3 is 15.2 Å². The van der Waals surface area contributed by atoms with Gasteiger partial charge in [-0.1, -0.05) is 0 Å². The number of pyridine rings is 1. The van der Waals surface area contributed by atoms with Crippen LogP contribution in [-0.4, -0.2) is 17.4 Å². The van der Waals surface area contributed by atoms with Gasteiger partial charge in [0.05, 0.1) is 11.8 Å². The van der Waals surface area contributed by atoms with Crippen LogP contribution in [0.5, 0.6) is 0 Å². The third-order valence-electron chi connectivity index (χ3n) is 2.51. The van der Waals surface area contributed by atoms with E-state index in [1.54, 1.807) is 18.4 Å². The number of nitrogens with one attached hydrogen (secondary N) is 2. The first-order valence-corrected chi connectivity index (χ1v) is 5.64. The van der Waals surface area contributed by atoms with E-state index >= 15 is 0 Å². The number of nitrogens with two attached hydrogens (primary N) is 1. The average molecular weight is 264 g/mol. The molecular formula is C12H13FN4O2. The highest BCUT2D eigenvalue weighted by molar-refractivity contribution is 5.95. The van der Waals surface area contributed by atoms with Crippen LogP contribution in [0.1, 0.15) is 16.1 Å². The largest absolute Gasteiger partial charge is 0.469 e. The number of anilines is 1. The molecule has 0 saturated carbocycles. The summed E-state index contributed by atoms with van der Waals surface area (Å²) in [5.74, 6) is 4.37. The number of hydrogen-bond donors (Lipinski definition) is 3. The first-order valence-electron chi connectivity index (χ1n) is 5.64. The minimum Gasteiger partial charge on any atom is -0.469 e. The van der Waals surface area contributed by atoms with Crippen molar-refractivity contribution in [1.82, 2.24) is 10.3 Å². The fourth-order valence-corrected chi connectivity index (χ4v) is 1.57. The van der Waals surface area contributed by atoms with Crippen molar-refractivity contribution in [1.29, 1.82) is 0 Å². The SMILES string of the molecule is NNc1nccc(C(=O)NCCc2ccco2)c1F. The van der Waals surface area contributed by atoms with Gasteiger partial charge >= 0.3 is 0 Å². The number of aromatic nitrogens is 1. The maximum atomic E-state index is 13.7. The van der Waals surface area contributed by atoms with Gasteiger partial charge in [-0.05, 0) is 18.2 Å². The number of nitrogen functional groups attached to an aromatic ring is 1. The Hall–Kier alpha value is -2.41. The van der Waals surface area contributed by atoms with E-state index in [1.165, 1.54) is 12.3 Å². The van der Waals surface area contributed by atoms with Gasteiger partial charge in [0.2, 0.25) is 0 Å². The molecule has 0 aliphatic carbocycles. The fourth-order valence-electron chi connectivity index (χ4n) is 1.57. The van der Waals surface area contributed by atoms with Crippen LogP contribution in [0, 0.1) is 5.82 Å². The molecule has 0 atom stereocenters. The summed E-state index contributed by atoms with van der Waals surface area (Å²) in [5.41, 5.74) is 1.98. The quantitative estimate of drug-likeness (QED) is 0.555. The number of halogens is 1. The van der Waals surface area contributed by atoms with Gasteiger partial charge in [0, 0.05) is 19.2 Å². The zero-order chi connectivity index (χ0) is 13.7. The third kappa shape index (κ3) is 3.08. The molecule has 0 aliphatic rings. The highest BCUT2D eigenvalue weighted by Gasteiger charge is 2.15. The van der Waals surface area contributed by atoms with Crippen molar-refractivity contribution in [3.05, 3.63) is 47.8 Å². The Morgan fingerprint density at radius 2 is 2.32 bits per heavy atom. The van der Waals surface area contributed by atoms with Gasteiger partial charge in [0.25, 0.3) is 5.91 Å². The van der Waals surface area contributed by atoms with Crippen LogP contribution in [0.2, 0.25) is 0 Å². The van der Waals surface area contributed by atoms with E-state index in [0.717, 1.165) is 5.76 Å². The van der Waals surface area contributed by atoms with Gasteiger partial charge in [-0.2, -0.15) is 0 Å². The standard InChI is InChI=1S/C12H13FN4O2/c13-10-9(4-6-15-11(10)17-14)12(18)16-5-3-8-2-1-7-19-8/h1-2,4,6-7H,3,5,14H2,(H,15,17)(H,16,18). The van der Waals surface area contributed by atoms with Crippen molar-refractivity contribution in [2.75, 3.05) is 12.0 Å². The van der Waals surface area contributed by atoms with Crippen LogP contribution in [-0.2, 0) is 6.42 Å². The van der Waals surface area contributed by atoms with Crippen LogP contribution >= 0.6 is 0 Å². The number of hydrogen-bond acceptors (Lipinski definition) is 5. The molecule has 0 fully saturated rings. The Morgan fingerprint density at radius 1 is 1.47 bits per heavy atom. The molecule has 100 valence electrons. The van der Waals surface area contributed by atoms with Gasteiger partial charge in [-0.3, -0.25) is 4.79 Å². The molecule has 7 heteroatoms. The minimum absolute atomic E-state index is 0.109. The predicted octanol–water partition coefficient (Wildman–Crippen LogP) is 1.07. The Bertz CT molecular complexity index is 557. The van der Waals surface area contributed by atoms with Crippen LogP contribution in [0.4, 0.5) is 10.2 Å². The van der Waals surface area contributed by atoms with Gasteiger partial charge in [-0.15, -0.1) is 0 Å². The molecule has 6 nitrogen and oxygen atoms in total. The van der Waals surface area contributed by atoms with E-state index in [9.17, 15) is 9.18 Å². The molecule has 0 spiro atoms. The average Bonchev–Trinajstić information content (AvgIpc) is 2.92. The van der Waals surface area contributed by atoms with E-state index in [0.29, 0.717) is 13.0 Å². The van der Waals surface area contributed by atoms with Crippen LogP contribution in [0.25, 0.3) is 0 Å². The third-order valence-corrected chi connectivity index (χ3v) is 2.51. The molecule has 0 aliphatic heterocycles. The molecule has 0 radical (unpaired) electrons. The number of rotatable bonds is 5. The van der Waals surface area contributed by atoms with Crippen LogP contribution in [0.3, 0.4) is 0 Å². The minimum atomic E-state index is -0.777. The van der Waals surface area contributed by atoms with E-state index in [-0.39, 0.29) is 11.4 Å². The van der Waals surface area contributed by atoms with Crippen molar-refractivity contribution in [3.8, 4) is 0 Å². The van der Waals surface area contributed by atoms with E-state index < -0.39 is 11.7 Å². The molecule has 0 saturated heterocycles. The lowest BCUT2D eigenvalue weighted by Gasteiger charge is -2.07. The van der Waals surface area contributed by atoms with Crippen LogP contribution in [0.15, 0.2) is 35.1 Å². The van der Waals surface area contributed by atoms with Crippen molar-refractivity contribution in [3.63, 3.8) is 0 Å². The van der Waals surface area contributed by atoms with Gasteiger partial charge in [-0.25, -0.2) is 15.2 Å². The number of carbonyl (C=O) groups excluding carboxylic acids is 1. The Labute approximate surface area is 108 Å². The summed E-state index contributed by atoms with van der Waals surface area (Å²) < 4.78 is 18.9. The summed E-state index contributed by atoms with van der Waals surface area (Å²) in [7, 11) is 0. The van der Waals surface area contributed by atoms with Crippen LogP contribution < -0.4 is 16.6 Å². The Morgan fingerprint density at radius 3 is 3.00 bits per heavy atom. The molecule has 2 heterocycles. The van der Waals surface area contributed by atoms with E-state index in [1.807, 2.05) is 0 Å². The maximum Gasteiger partial charge on any atom is 0.254 e. The lowest BCUT2D eigenvalue weighted by Crippen LogP contribution is -2.27. The molecule has 2 aromatic heterocycles. The smallest absolute Gasteiger partial charge is 0.254 e. The molecule has 1 amide bonds. The molecule has 0 bridgehead atoms. The molecule has 0 aromatic carbocycles. The lowest BCUT2D eigenvalue weighted by atomic mass is 10.2. The lowest BCUT2D eigenvalue weighted by molar-refractivity contribution is 0.0949. The normalized spacial score (nSPS) is 10.2. The van der Waals surface area contributed by atoms with Crippen molar-refractivity contribution in [2.24, 2.45) is 5.84 Å². The summed E-state index contributed by atoms with van der Waals surface area (Å²) >= 11 is 0. The topological polar surface area (TPSA) is 93.2 Å². The van der Waals surface area contributed by atoms with Crippen molar-refractivity contribution in [2.45, 2.75) is 6.42 Å². The highest BCUT2D eigenvalue weighted by Crippen LogP contribution is 2.13. The zero-order valence-corrected chi connectivity index (χ0v) is 10.0. The Balaban J connectivity index is 1.96. The van der Waals surface area contributed by atoms with Gasteiger partial charge in [0.1, 0.15) is 5.76 Å². The monoisotopic (exact) mass is 264 g/mol. The summed E-state index contributed by atoms with van der Waals surface area (Å²) in [6.07, 6.45) is 3.39. The number of amides is 1. The first-order chi connectivity index (χ1) is 9.22. The highest BCUT2D eigenvalue weighted by atomic mass is 19.1. The predicted molar refractivity (Wildman–Crippen MR) is 66.8 cm³/mol. The maximum absolute atomic E-state index is 13.7. The van der Waals surface area contributed by atoms with Crippen molar-refractivity contribution < 1.29 is 13.6 Å². The number of carbonyl (C=O) groups is 1. The molecular weight excluding hydrogens is 251 g/mol. The number of furan rings is 1. The van der Waals surface area contributed by atoms with E-state index in [4.69, 9.17) is 10.3 Å². The Kier molecular flexibility index (Phi) is 4.09. The second-order valence-electron chi connectivity index (χ2n) is 3.75. The molecule has 2 rings (SSSR count). The molecule has 2 aromatic rings. The molecule has 0 unspecified atom stereocenters. The summed E-state index contributed by atoms with van der Waals surface area (Å²) in [5, 5.41) is 2.59. The summed E-state index contributed by atoms with van der Waals surface area (Å²) in [6, 6.07) is 4.85. The molecule has 4 N–H and O–H groups in total. The first kappa shape index (κ1) is 13.0. The number of nitrogens with zero attached hydrogens (tertiary/aromatic N) is 1. The summed E-state index contributed by atoms with van der Waals surface area (Å²) in [4.78, 5) is 15.4.